The number of rotatable bonds is 4. The van der Waals surface area contributed by atoms with Gasteiger partial charge in [-0.25, -0.2) is 13.1 Å². The summed E-state index contributed by atoms with van der Waals surface area (Å²) in [5.41, 5.74) is 0.752. The van der Waals surface area contributed by atoms with Crippen molar-refractivity contribution in [3.8, 4) is 17.6 Å². The van der Waals surface area contributed by atoms with Crippen LogP contribution in [-0.2, 0) is 21.2 Å². The van der Waals surface area contributed by atoms with E-state index in [0.29, 0.717) is 21.5 Å². The lowest BCUT2D eigenvalue weighted by Crippen LogP contribution is -2.31. The smallest absolute Gasteiger partial charge is 0.264 e. The summed E-state index contributed by atoms with van der Waals surface area (Å²) in [5, 5.41) is 8.93. The molecule has 25 heavy (non-hydrogen) atoms. The number of hydrogen-bond acceptors (Lipinski definition) is 6. The highest BCUT2D eigenvalue weighted by molar-refractivity contribution is 9.10. The van der Waals surface area contributed by atoms with Crippen molar-refractivity contribution in [2.24, 2.45) is 0 Å². The lowest BCUT2D eigenvalue weighted by Gasteiger charge is -2.08. The fraction of sp³-hybridized carbons (Fsp3) is 0.125. The van der Waals surface area contributed by atoms with Crippen molar-refractivity contribution in [3.63, 3.8) is 0 Å². The molecule has 7 nitrogen and oxygen atoms in total. The Labute approximate surface area is 152 Å². The zero-order valence-corrected chi connectivity index (χ0v) is 15.1. The van der Waals surface area contributed by atoms with Gasteiger partial charge < -0.3 is 9.47 Å². The Kier molecular flexibility index (Phi) is 4.65. The van der Waals surface area contributed by atoms with Gasteiger partial charge in [0, 0.05) is 4.47 Å². The predicted octanol–water partition coefficient (Wildman–Crippen LogP) is 2.10. The van der Waals surface area contributed by atoms with Gasteiger partial charge in [0.05, 0.1) is 22.9 Å². The van der Waals surface area contributed by atoms with Crippen LogP contribution < -0.4 is 14.2 Å². The monoisotopic (exact) mass is 422 g/mol. The molecule has 0 spiro atoms. The van der Waals surface area contributed by atoms with Gasteiger partial charge in [-0.15, -0.1) is 0 Å². The van der Waals surface area contributed by atoms with E-state index in [9.17, 15) is 13.2 Å². The van der Waals surface area contributed by atoms with Crippen LogP contribution in [0.2, 0.25) is 0 Å². The molecule has 0 atom stereocenters. The van der Waals surface area contributed by atoms with Crippen LogP contribution in [0, 0.1) is 11.3 Å². The Morgan fingerprint density at radius 1 is 1.20 bits per heavy atom. The highest BCUT2D eigenvalue weighted by Crippen LogP contribution is 2.32. The lowest BCUT2D eigenvalue weighted by atomic mass is 10.1. The number of nitrogens with zero attached hydrogens (tertiary/aromatic N) is 1. The van der Waals surface area contributed by atoms with Gasteiger partial charge >= 0.3 is 0 Å². The number of benzene rings is 2. The summed E-state index contributed by atoms with van der Waals surface area (Å²) in [5.74, 6) is 0.395. The van der Waals surface area contributed by atoms with E-state index < -0.39 is 15.9 Å². The Morgan fingerprint density at radius 3 is 2.72 bits per heavy atom. The van der Waals surface area contributed by atoms with Gasteiger partial charge in [0.25, 0.3) is 10.0 Å². The van der Waals surface area contributed by atoms with Crippen molar-refractivity contribution in [2.75, 3.05) is 6.79 Å². The predicted molar refractivity (Wildman–Crippen MR) is 90.5 cm³/mol. The van der Waals surface area contributed by atoms with E-state index in [4.69, 9.17) is 14.7 Å². The molecule has 128 valence electrons. The minimum Gasteiger partial charge on any atom is -0.454 e. The van der Waals surface area contributed by atoms with Crippen LogP contribution in [0.3, 0.4) is 0 Å². The van der Waals surface area contributed by atoms with Gasteiger partial charge in [0.15, 0.2) is 11.5 Å². The van der Waals surface area contributed by atoms with E-state index in [1.807, 2.05) is 10.8 Å². The van der Waals surface area contributed by atoms with Gasteiger partial charge in [0.1, 0.15) is 0 Å². The molecule has 0 unspecified atom stereocenters. The first-order valence-electron chi connectivity index (χ1n) is 7.02. The SMILES string of the molecule is N#Cc1cc(Br)cc(S(=O)(=O)NC(=O)Cc2ccc3c(c2)OCO3)c1. The van der Waals surface area contributed by atoms with Crippen LogP contribution >= 0.6 is 15.9 Å². The zero-order valence-electron chi connectivity index (χ0n) is 12.7. The minimum absolute atomic E-state index is 0.115. The van der Waals surface area contributed by atoms with Crippen LogP contribution in [0.4, 0.5) is 0 Å². The molecule has 0 aliphatic carbocycles. The zero-order chi connectivity index (χ0) is 18.0. The standard InChI is InChI=1S/C16H11BrN2O5S/c17-12-3-11(8-18)4-13(7-12)25(21,22)19-16(20)6-10-1-2-14-15(5-10)24-9-23-14/h1-5,7H,6,9H2,(H,19,20). The summed E-state index contributed by atoms with van der Waals surface area (Å²) in [7, 11) is -4.08. The van der Waals surface area contributed by atoms with Crippen LogP contribution in [0.5, 0.6) is 11.5 Å². The van der Waals surface area contributed by atoms with Crippen LogP contribution in [0.1, 0.15) is 11.1 Å². The number of fused-ring (bicyclic) bond motifs is 1. The van der Waals surface area contributed by atoms with E-state index in [-0.39, 0.29) is 23.7 Å². The van der Waals surface area contributed by atoms with Gasteiger partial charge in [-0.2, -0.15) is 5.26 Å². The largest absolute Gasteiger partial charge is 0.454 e. The summed E-state index contributed by atoms with van der Waals surface area (Å²) in [6.45, 7) is 0.115. The Balaban J connectivity index is 1.76. The Hall–Kier alpha value is -2.57. The number of nitriles is 1. The maximum absolute atomic E-state index is 12.3. The molecular weight excluding hydrogens is 412 g/mol. The van der Waals surface area contributed by atoms with Crippen LogP contribution in [-0.4, -0.2) is 21.1 Å². The first-order chi connectivity index (χ1) is 11.9. The molecular formula is C16H11BrN2O5S. The molecule has 2 aromatic carbocycles. The van der Waals surface area contributed by atoms with Crippen molar-refractivity contribution < 1.29 is 22.7 Å². The third kappa shape index (κ3) is 3.92. The number of hydrogen-bond donors (Lipinski definition) is 1. The van der Waals surface area contributed by atoms with E-state index >= 15 is 0 Å². The molecule has 1 amide bonds. The highest BCUT2D eigenvalue weighted by Gasteiger charge is 2.20. The molecule has 1 heterocycles. The van der Waals surface area contributed by atoms with Crippen LogP contribution in [0.25, 0.3) is 0 Å². The number of sulfonamides is 1. The van der Waals surface area contributed by atoms with Crippen molar-refractivity contribution in [2.45, 2.75) is 11.3 Å². The fourth-order valence-corrected chi connectivity index (χ4v) is 3.96. The van der Waals surface area contributed by atoms with Gasteiger partial charge in [-0.1, -0.05) is 22.0 Å². The van der Waals surface area contributed by atoms with Gasteiger partial charge in [-0.05, 0) is 35.9 Å². The van der Waals surface area contributed by atoms with Crippen molar-refractivity contribution in [1.29, 1.82) is 5.26 Å². The van der Waals surface area contributed by atoms with Crippen molar-refractivity contribution in [1.82, 2.24) is 4.72 Å². The summed E-state index contributed by atoms with van der Waals surface area (Å²) < 4.78 is 37.5. The molecule has 0 radical (unpaired) electrons. The fourth-order valence-electron chi connectivity index (χ4n) is 2.26. The first-order valence-corrected chi connectivity index (χ1v) is 9.30. The van der Waals surface area contributed by atoms with E-state index in [2.05, 4.69) is 15.9 Å². The summed E-state index contributed by atoms with van der Waals surface area (Å²) in [6, 6.07) is 10.8. The normalized spacial score (nSPS) is 12.5. The van der Waals surface area contributed by atoms with E-state index in [0.717, 1.165) is 0 Å². The van der Waals surface area contributed by atoms with Crippen molar-refractivity contribution in [3.05, 3.63) is 52.0 Å². The summed E-state index contributed by atoms with van der Waals surface area (Å²) in [6.07, 6.45) is -0.144. The molecule has 0 aromatic heterocycles. The number of halogens is 1. The number of carbonyl (C=O) groups is 1. The maximum Gasteiger partial charge on any atom is 0.264 e. The second-order valence-corrected chi connectivity index (χ2v) is 7.78. The lowest BCUT2D eigenvalue weighted by molar-refractivity contribution is -0.118. The number of carbonyl (C=O) groups excluding carboxylic acids is 1. The third-order valence-corrected chi connectivity index (χ3v) is 5.17. The average molecular weight is 423 g/mol. The Morgan fingerprint density at radius 2 is 1.96 bits per heavy atom. The molecule has 1 aliphatic rings. The second-order valence-electron chi connectivity index (χ2n) is 5.18. The number of ether oxygens (including phenoxy) is 2. The van der Waals surface area contributed by atoms with Gasteiger partial charge in [0.2, 0.25) is 12.7 Å². The molecule has 2 aromatic rings. The topological polar surface area (TPSA) is 105 Å². The Bertz CT molecular complexity index is 998. The highest BCUT2D eigenvalue weighted by atomic mass is 79.9. The third-order valence-electron chi connectivity index (χ3n) is 3.36. The molecule has 9 heteroatoms. The minimum atomic E-state index is -4.08. The molecule has 1 aliphatic heterocycles. The van der Waals surface area contributed by atoms with E-state index in [1.165, 1.54) is 18.2 Å². The van der Waals surface area contributed by atoms with Crippen LogP contribution in [0.15, 0.2) is 45.8 Å². The molecule has 0 saturated heterocycles. The van der Waals surface area contributed by atoms with Crippen molar-refractivity contribution >= 4 is 31.9 Å². The van der Waals surface area contributed by atoms with E-state index in [1.54, 1.807) is 18.2 Å². The second kappa shape index (κ2) is 6.74. The number of nitrogens with one attached hydrogen (secondary N) is 1. The molecule has 1 N–H and O–H groups in total. The molecule has 0 bridgehead atoms. The van der Waals surface area contributed by atoms with Gasteiger partial charge in [-0.3, -0.25) is 4.79 Å². The maximum atomic E-state index is 12.3. The summed E-state index contributed by atoms with van der Waals surface area (Å²) >= 11 is 3.14. The molecule has 0 fully saturated rings. The molecule has 0 saturated carbocycles. The average Bonchev–Trinajstić information content (AvgIpc) is 3.01. The molecule has 3 rings (SSSR count). The number of amides is 1. The quantitative estimate of drug-likeness (QED) is 0.808. The first kappa shape index (κ1) is 17.3. The summed E-state index contributed by atoms with van der Waals surface area (Å²) in [4.78, 5) is 11.9.